The van der Waals surface area contributed by atoms with Crippen LogP contribution in [0.5, 0.6) is 0 Å². The van der Waals surface area contributed by atoms with E-state index in [0.717, 1.165) is 49.8 Å². The van der Waals surface area contributed by atoms with Gasteiger partial charge in [0.2, 0.25) is 5.91 Å². The Hall–Kier alpha value is -2.14. The van der Waals surface area contributed by atoms with Crippen LogP contribution in [0, 0.1) is 6.92 Å². The third-order valence-corrected chi connectivity index (χ3v) is 4.84. The molecule has 0 unspecified atom stereocenters. The fourth-order valence-electron chi connectivity index (χ4n) is 3.36. The van der Waals surface area contributed by atoms with Gasteiger partial charge in [-0.3, -0.25) is 9.69 Å². The summed E-state index contributed by atoms with van der Waals surface area (Å²) in [5, 5.41) is 0. The maximum absolute atomic E-state index is 11.8. The summed E-state index contributed by atoms with van der Waals surface area (Å²) in [6.07, 6.45) is 0.918. The van der Waals surface area contributed by atoms with E-state index in [-0.39, 0.29) is 11.9 Å². The molecule has 1 fully saturated rings. The topological polar surface area (TPSA) is 52.2 Å². The van der Waals surface area contributed by atoms with Crippen molar-refractivity contribution in [1.82, 2.24) is 19.8 Å². The van der Waals surface area contributed by atoms with Gasteiger partial charge in [-0.2, -0.15) is 0 Å². The van der Waals surface area contributed by atoms with E-state index in [4.69, 9.17) is 4.98 Å². The molecule has 0 bridgehead atoms. The molecule has 1 aromatic heterocycles. The van der Waals surface area contributed by atoms with Gasteiger partial charge in [-0.1, -0.05) is 37.3 Å². The van der Waals surface area contributed by atoms with Gasteiger partial charge in [-0.25, -0.2) is 4.98 Å². The number of rotatable bonds is 4. The van der Waals surface area contributed by atoms with E-state index in [0.29, 0.717) is 0 Å². The van der Waals surface area contributed by atoms with Crippen LogP contribution in [-0.2, 0) is 17.8 Å². The summed E-state index contributed by atoms with van der Waals surface area (Å²) in [5.41, 5.74) is 3.52. The average molecular weight is 326 g/mol. The maximum Gasteiger partial charge on any atom is 0.219 e. The van der Waals surface area contributed by atoms with Crippen molar-refractivity contribution in [2.75, 3.05) is 19.6 Å². The molecule has 1 aliphatic heterocycles. The first-order valence-electron chi connectivity index (χ1n) is 8.67. The van der Waals surface area contributed by atoms with Crippen molar-refractivity contribution in [3.63, 3.8) is 0 Å². The van der Waals surface area contributed by atoms with E-state index in [9.17, 15) is 4.79 Å². The summed E-state index contributed by atoms with van der Waals surface area (Å²) >= 11 is 0. The number of imidazole rings is 1. The number of aromatic amines is 1. The Labute approximate surface area is 143 Å². The summed E-state index contributed by atoms with van der Waals surface area (Å²) in [7, 11) is 0. The Morgan fingerprint density at radius 1 is 1.29 bits per heavy atom. The fourth-order valence-corrected chi connectivity index (χ4v) is 3.36. The molecule has 2 aromatic rings. The number of amides is 1. The summed E-state index contributed by atoms with van der Waals surface area (Å²) in [4.78, 5) is 24.3. The molecule has 5 nitrogen and oxygen atoms in total. The molecule has 0 saturated carbocycles. The van der Waals surface area contributed by atoms with E-state index in [1.165, 1.54) is 5.56 Å². The number of piperazine rings is 1. The van der Waals surface area contributed by atoms with E-state index in [1.54, 1.807) is 6.92 Å². The van der Waals surface area contributed by atoms with Crippen LogP contribution in [-0.4, -0.2) is 45.3 Å². The molecule has 24 heavy (non-hydrogen) atoms. The first-order valence-corrected chi connectivity index (χ1v) is 8.67. The smallest absolute Gasteiger partial charge is 0.219 e. The minimum Gasteiger partial charge on any atom is -0.346 e. The molecule has 3 rings (SSSR count). The van der Waals surface area contributed by atoms with Crippen LogP contribution in [0.4, 0.5) is 0 Å². The standard InChI is InChI=1S/C19H26N4O/c1-4-19-20-14(2)17(21-19)12-23-11-10-22(15(3)24)13-18(23)16-8-6-5-7-9-16/h5-9,18H,4,10-13H2,1-3H3,(H,20,21)/t18-/m0/s1. The zero-order valence-corrected chi connectivity index (χ0v) is 14.7. The van der Waals surface area contributed by atoms with Crippen molar-refractivity contribution in [3.05, 3.63) is 53.1 Å². The monoisotopic (exact) mass is 326 g/mol. The SMILES string of the molecule is CCc1nc(CN2CCN(C(C)=O)C[C@H]2c2ccccc2)c(C)[nH]1. The third-order valence-electron chi connectivity index (χ3n) is 4.84. The van der Waals surface area contributed by atoms with E-state index < -0.39 is 0 Å². The lowest BCUT2D eigenvalue weighted by atomic mass is 10.0. The Balaban J connectivity index is 1.84. The Bertz CT molecular complexity index is 695. The third kappa shape index (κ3) is 3.51. The number of carbonyl (C=O) groups is 1. The molecule has 2 heterocycles. The molecule has 1 aliphatic rings. The second kappa shape index (κ2) is 7.18. The highest BCUT2D eigenvalue weighted by Gasteiger charge is 2.30. The van der Waals surface area contributed by atoms with Crippen LogP contribution >= 0.6 is 0 Å². The Kier molecular flexibility index (Phi) is 5.00. The Morgan fingerprint density at radius 3 is 2.67 bits per heavy atom. The van der Waals surface area contributed by atoms with E-state index in [1.807, 2.05) is 11.0 Å². The maximum atomic E-state index is 11.8. The van der Waals surface area contributed by atoms with Gasteiger partial charge >= 0.3 is 0 Å². The molecule has 1 amide bonds. The number of aromatic nitrogens is 2. The number of nitrogens with zero attached hydrogens (tertiary/aromatic N) is 3. The van der Waals surface area contributed by atoms with Crippen LogP contribution in [0.15, 0.2) is 30.3 Å². The van der Waals surface area contributed by atoms with Gasteiger partial charge in [0.1, 0.15) is 5.82 Å². The summed E-state index contributed by atoms with van der Waals surface area (Å²) in [6.45, 7) is 9.06. The van der Waals surface area contributed by atoms with Crippen LogP contribution in [0.2, 0.25) is 0 Å². The summed E-state index contributed by atoms with van der Waals surface area (Å²) < 4.78 is 0. The lowest BCUT2D eigenvalue weighted by Crippen LogP contribution is -2.49. The normalized spacial score (nSPS) is 18.8. The number of benzene rings is 1. The highest BCUT2D eigenvalue weighted by atomic mass is 16.2. The molecule has 0 spiro atoms. The summed E-state index contributed by atoms with van der Waals surface area (Å²) in [6, 6.07) is 10.7. The predicted molar refractivity (Wildman–Crippen MR) is 94.5 cm³/mol. The molecule has 0 radical (unpaired) electrons. The molecule has 5 heteroatoms. The van der Waals surface area contributed by atoms with E-state index in [2.05, 4.69) is 48.0 Å². The molecule has 1 atom stereocenters. The molecular formula is C19H26N4O. The van der Waals surface area contributed by atoms with Gasteiger partial charge in [-0.15, -0.1) is 0 Å². The van der Waals surface area contributed by atoms with Crippen LogP contribution in [0.25, 0.3) is 0 Å². The second-order valence-corrected chi connectivity index (χ2v) is 6.47. The molecule has 0 aliphatic carbocycles. The van der Waals surface area contributed by atoms with Crippen LogP contribution in [0.1, 0.15) is 42.7 Å². The molecular weight excluding hydrogens is 300 g/mol. The molecule has 1 saturated heterocycles. The van der Waals surface area contributed by atoms with Crippen molar-refractivity contribution in [1.29, 1.82) is 0 Å². The van der Waals surface area contributed by atoms with Gasteiger partial charge in [0.05, 0.1) is 11.7 Å². The zero-order chi connectivity index (χ0) is 17.1. The van der Waals surface area contributed by atoms with Crippen molar-refractivity contribution in [3.8, 4) is 0 Å². The minimum absolute atomic E-state index is 0.153. The zero-order valence-electron chi connectivity index (χ0n) is 14.7. The van der Waals surface area contributed by atoms with E-state index >= 15 is 0 Å². The number of hydrogen-bond acceptors (Lipinski definition) is 3. The van der Waals surface area contributed by atoms with Gasteiger partial charge < -0.3 is 9.88 Å². The number of carbonyl (C=O) groups excluding carboxylic acids is 1. The van der Waals surface area contributed by atoms with Gasteiger partial charge in [-0.05, 0) is 12.5 Å². The Morgan fingerprint density at radius 2 is 2.04 bits per heavy atom. The highest BCUT2D eigenvalue weighted by molar-refractivity contribution is 5.73. The van der Waals surface area contributed by atoms with Crippen LogP contribution in [0.3, 0.4) is 0 Å². The average Bonchev–Trinajstić information content (AvgIpc) is 2.96. The molecule has 1 aromatic carbocycles. The first-order chi connectivity index (χ1) is 11.6. The van der Waals surface area contributed by atoms with Crippen molar-refractivity contribution < 1.29 is 4.79 Å². The molecule has 1 N–H and O–H groups in total. The van der Waals surface area contributed by atoms with Crippen LogP contribution < -0.4 is 0 Å². The minimum atomic E-state index is 0.153. The summed E-state index contributed by atoms with van der Waals surface area (Å²) in [5.74, 6) is 1.20. The number of nitrogens with one attached hydrogen (secondary N) is 1. The van der Waals surface area contributed by atoms with Crippen molar-refractivity contribution >= 4 is 5.91 Å². The highest BCUT2D eigenvalue weighted by Crippen LogP contribution is 2.27. The van der Waals surface area contributed by atoms with Gasteiger partial charge in [0, 0.05) is 45.2 Å². The number of hydrogen-bond donors (Lipinski definition) is 1. The quantitative estimate of drug-likeness (QED) is 0.940. The number of aryl methyl sites for hydroxylation is 2. The lowest BCUT2D eigenvalue weighted by molar-refractivity contribution is -0.132. The second-order valence-electron chi connectivity index (χ2n) is 6.47. The van der Waals surface area contributed by atoms with Gasteiger partial charge in [0.25, 0.3) is 0 Å². The fraction of sp³-hybridized carbons (Fsp3) is 0.474. The first kappa shape index (κ1) is 16.7. The number of H-pyrrole nitrogens is 1. The predicted octanol–water partition coefficient (Wildman–Crippen LogP) is 2.69. The molecule has 128 valence electrons. The van der Waals surface area contributed by atoms with Gasteiger partial charge in [0.15, 0.2) is 0 Å². The lowest BCUT2D eigenvalue weighted by Gasteiger charge is -2.41. The largest absolute Gasteiger partial charge is 0.346 e. The van der Waals surface area contributed by atoms with Crippen molar-refractivity contribution in [2.24, 2.45) is 0 Å². The van der Waals surface area contributed by atoms with Crippen molar-refractivity contribution in [2.45, 2.75) is 39.8 Å².